The number of anilines is 1. The van der Waals surface area contributed by atoms with Crippen LogP contribution in [0.15, 0.2) is 30.7 Å². The minimum absolute atomic E-state index is 0.401. The summed E-state index contributed by atoms with van der Waals surface area (Å²) >= 11 is 0. The fourth-order valence-corrected chi connectivity index (χ4v) is 1.91. The molecular weight excluding hydrogens is 298 g/mol. The zero-order chi connectivity index (χ0) is 16.7. The average molecular weight is 315 g/mol. The third kappa shape index (κ3) is 4.73. The quantitative estimate of drug-likeness (QED) is 0.522. The van der Waals surface area contributed by atoms with Crippen LogP contribution in [0.1, 0.15) is 25.5 Å². The van der Waals surface area contributed by atoms with Crippen molar-refractivity contribution in [3.8, 4) is 11.3 Å². The van der Waals surface area contributed by atoms with Crippen molar-refractivity contribution >= 4 is 17.7 Å². The summed E-state index contributed by atoms with van der Waals surface area (Å²) in [6, 6.07) is 3.70. The predicted octanol–water partition coefficient (Wildman–Crippen LogP) is 1.41. The summed E-state index contributed by atoms with van der Waals surface area (Å²) in [4.78, 5) is 34.7. The maximum absolute atomic E-state index is 11.4. The smallest absolute Gasteiger partial charge is 0.312 e. The van der Waals surface area contributed by atoms with E-state index in [1.54, 1.807) is 18.6 Å². The number of hydrogen-bond donors (Lipinski definition) is 3. The summed E-state index contributed by atoms with van der Waals surface area (Å²) in [7, 11) is 0. The van der Waals surface area contributed by atoms with Gasteiger partial charge >= 0.3 is 5.97 Å². The predicted molar refractivity (Wildman–Crippen MR) is 83.3 cm³/mol. The number of carboxylic acid groups (broad SMARTS) is 1. The van der Waals surface area contributed by atoms with E-state index in [1.165, 1.54) is 0 Å². The first kappa shape index (κ1) is 16.3. The first-order valence-corrected chi connectivity index (χ1v) is 7.13. The van der Waals surface area contributed by atoms with Crippen LogP contribution in [-0.2, 0) is 16.0 Å². The van der Waals surface area contributed by atoms with Gasteiger partial charge in [-0.25, -0.2) is 9.97 Å². The van der Waals surface area contributed by atoms with Crippen LogP contribution in [0.25, 0.3) is 11.3 Å². The summed E-state index contributed by atoms with van der Waals surface area (Å²) < 4.78 is 0. The molecule has 23 heavy (non-hydrogen) atoms. The number of carboxylic acids is 1. The molecule has 3 N–H and O–H groups in total. The van der Waals surface area contributed by atoms with E-state index >= 15 is 0 Å². The Morgan fingerprint density at radius 2 is 2.13 bits per heavy atom. The third-order valence-electron chi connectivity index (χ3n) is 2.92. The molecular formula is C15H17N5O3. The standard InChI is InChI=1S/C15H17N5O3/c1-2-4-11-15(20-19-13(21)7-14(22)23)17-9-12(18-11)10-5-3-6-16-8-10/h3,5-6,8-9H,2,4,7H2,1H3,(H,17,20)(H,19,21)(H,22,23). The van der Waals surface area contributed by atoms with Crippen LogP contribution in [-0.4, -0.2) is 31.9 Å². The molecule has 0 fully saturated rings. The molecule has 120 valence electrons. The van der Waals surface area contributed by atoms with E-state index in [2.05, 4.69) is 25.8 Å². The molecule has 8 heteroatoms. The number of nitrogens with zero attached hydrogens (tertiary/aromatic N) is 3. The molecule has 1 amide bonds. The zero-order valence-corrected chi connectivity index (χ0v) is 12.6. The van der Waals surface area contributed by atoms with E-state index in [1.807, 2.05) is 19.1 Å². The van der Waals surface area contributed by atoms with Crippen LogP contribution in [0.4, 0.5) is 5.82 Å². The SMILES string of the molecule is CCCc1nc(-c2cccnc2)cnc1NNC(=O)CC(=O)O. The summed E-state index contributed by atoms with van der Waals surface area (Å²) in [5.41, 5.74) is 7.15. The van der Waals surface area contributed by atoms with Gasteiger partial charge in [0.05, 0.1) is 17.6 Å². The van der Waals surface area contributed by atoms with Crippen molar-refractivity contribution in [1.29, 1.82) is 0 Å². The van der Waals surface area contributed by atoms with Gasteiger partial charge in [0.15, 0.2) is 5.82 Å². The first-order valence-electron chi connectivity index (χ1n) is 7.13. The van der Waals surface area contributed by atoms with Gasteiger partial charge < -0.3 is 5.11 Å². The number of aryl methyl sites for hydroxylation is 1. The molecule has 0 unspecified atom stereocenters. The van der Waals surface area contributed by atoms with E-state index in [0.29, 0.717) is 23.6 Å². The molecule has 0 aliphatic rings. The molecule has 0 aliphatic carbocycles. The molecule has 2 rings (SSSR count). The number of nitrogens with one attached hydrogen (secondary N) is 2. The lowest BCUT2D eigenvalue weighted by molar-refractivity contribution is -0.140. The van der Waals surface area contributed by atoms with Crippen molar-refractivity contribution in [2.24, 2.45) is 0 Å². The summed E-state index contributed by atoms with van der Waals surface area (Å²) in [5.74, 6) is -1.45. The fourth-order valence-electron chi connectivity index (χ4n) is 1.91. The number of carbonyl (C=O) groups is 2. The van der Waals surface area contributed by atoms with Gasteiger partial charge in [0.2, 0.25) is 5.91 Å². The Kier molecular flexibility index (Phi) is 5.56. The highest BCUT2D eigenvalue weighted by atomic mass is 16.4. The van der Waals surface area contributed by atoms with Gasteiger partial charge in [-0.15, -0.1) is 0 Å². The normalized spacial score (nSPS) is 10.1. The van der Waals surface area contributed by atoms with Crippen LogP contribution >= 0.6 is 0 Å². The van der Waals surface area contributed by atoms with Gasteiger partial charge in [-0.2, -0.15) is 0 Å². The van der Waals surface area contributed by atoms with Crippen molar-refractivity contribution in [2.75, 3.05) is 5.43 Å². The van der Waals surface area contributed by atoms with E-state index in [9.17, 15) is 9.59 Å². The fraction of sp³-hybridized carbons (Fsp3) is 0.267. The van der Waals surface area contributed by atoms with Crippen LogP contribution in [0.3, 0.4) is 0 Å². The molecule has 0 atom stereocenters. The number of aromatic nitrogens is 3. The number of hydrogen-bond acceptors (Lipinski definition) is 6. The monoisotopic (exact) mass is 315 g/mol. The second-order valence-electron chi connectivity index (χ2n) is 4.79. The average Bonchev–Trinajstić information content (AvgIpc) is 2.54. The van der Waals surface area contributed by atoms with E-state index < -0.39 is 18.3 Å². The Bertz CT molecular complexity index is 691. The van der Waals surface area contributed by atoms with Crippen LogP contribution in [0.2, 0.25) is 0 Å². The second kappa shape index (κ2) is 7.83. The topological polar surface area (TPSA) is 117 Å². The molecule has 0 spiro atoms. The Balaban J connectivity index is 2.16. The lowest BCUT2D eigenvalue weighted by Crippen LogP contribution is -2.32. The Morgan fingerprint density at radius 3 is 2.78 bits per heavy atom. The number of pyridine rings is 1. The van der Waals surface area contributed by atoms with Gasteiger partial charge in [-0.05, 0) is 18.6 Å². The maximum Gasteiger partial charge on any atom is 0.312 e. The zero-order valence-electron chi connectivity index (χ0n) is 12.6. The van der Waals surface area contributed by atoms with Crippen LogP contribution < -0.4 is 10.9 Å². The Hall–Kier alpha value is -3.03. The van der Waals surface area contributed by atoms with E-state index in [-0.39, 0.29) is 0 Å². The van der Waals surface area contributed by atoms with Crippen LogP contribution in [0.5, 0.6) is 0 Å². The van der Waals surface area contributed by atoms with Gasteiger partial charge in [-0.1, -0.05) is 13.3 Å². The van der Waals surface area contributed by atoms with Gasteiger partial charge in [0, 0.05) is 18.0 Å². The highest BCUT2D eigenvalue weighted by Crippen LogP contribution is 2.19. The number of hydrazine groups is 1. The highest BCUT2D eigenvalue weighted by molar-refractivity contribution is 5.93. The summed E-state index contributed by atoms with van der Waals surface area (Å²) in [5, 5.41) is 8.56. The van der Waals surface area contributed by atoms with Gasteiger partial charge in [-0.3, -0.25) is 25.4 Å². The van der Waals surface area contributed by atoms with Crippen molar-refractivity contribution in [1.82, 2.24) is 20.4 Å². The molecule has 0 aliphatic heterocycles. The van der Waals surface area contributed by atoms with E-state index in [4.69, 9.17) is 5.11 Å². The van der Waals surface area contributed by atoms with Gasteiger partial charge in [0.1, 0.15) is 6.42 Å². The molecule has 2 aromatic heterocycles. The molecule has 2 heterocycles. The van der Waals surface area contributed by atoms with Crippen LogP contribution in [0, 0.1) is 0 Å². The lowest BCUT2D eigenvalue weighted by atomic mass is 10.2. The van der Waals surface area contributed by atoms with Crippen molar-refractivity contribution < 1.29 is 14.7 Å². The molecule has 0 saturated heterocycles. The lowest BCUT2D eigenvalue weighted by Gasteiger charge is -2.12. The number of aliphatic carboxylic acids is 1. The molecule has 0 radical (unpaired) electrons. The summed E-state index contributed by atoms with van der Waals surface area (Å²) in [6.45, 7) is 2.01. The van der Waals surface area contributed by atoms with E-state index in [0.717, 1.165) is 12.0 Å². The molecule has 0 saturated carbocycles. The minimum atomic E-state index is -1.20. The maximum atomic E-state index is 11.4. The van der Waals surface area contributed by atoms with Crippen molar-refractivity contribution in [2.45, 2.75) is 26.2 Å². The minimum Gasteiger partial charge on any atom is -0.481 e. The second-order valence-corrected chi connectivity index (χ2v) is 4.79. The molecule has 0 aromatic carbocycles. The van der Waals surface area contributed by atoms with Gasteiger partial charge in [0.25, 0.3) is 0 Å². The summed E-state index contributed by atoms with van der Waals surface area (Å²) in [6.07, 6.45) is 5.85. The third-order valence-corrected chi connectivity index (χ3v) is 2.92. The Morgan fingerprint density at radius 1 is 1.30 bits per heavy atom. The molecule has 0 bridgehead atoms. The van der Waals surface area contributed by atoms with Crippen molar-refractivity contribution in [3.63, 3.8) is 0 Å². The molecule has 8 nitrogen and oxygen atoms in total. The molecule has 2 aromatic rings. The number of amides is 1. The number of rotatable bonds is 7. The number of carbonyl (C=O) groups excluding carboxylic acids is 1. The largest absolute Gasteiger partial charge is 0.481 e. The Labute approximate surface area is 133 Å². The first-order chi connectivity index (χ1) is 11.1. The highest BCUT2D eigenvalue weighted by Gasteiger charge is 2.11. The van der Waals surface area contributed by atoms with Crippen molar-refractivity contribution in [3.05, 3.63) is 36.4 Å².